The zero-order valence-corrected chi connectivity index (χ0v) is 10.5. The molecule has 0 aliphatic carbocycles. The SMILES string of the molecule is CC1(C)CCCN1S(=O)(=O)CCCCN. The number of unbranched alkanes of at least 4 members (excludes halogenated alkanes) is 1. The molecule has 0 aromatic heterocycles. The predicted molar refractivity (Wildman–Crippen MR) is 62.1 cm³/mol. The van der Waals surface area contributed by atoms with Gasteiger partial charge in [-0.15, -0.1) is 0 Å². The Morgan fingerprint density at radius 2 is 2.00 bits per heavy atom. The number of nitrogens with two attached hydrogens (primary N) is 1. The van der Waals surface area contributed by atoms with E-state index in [0.717, 1.165) is 19.3 Å². The van der Waals surface area contributed by atoms with Gasteiger partial charge in [-0.05, 0) is 46.1 Å². The van der Waals surface area contributed by atoms with Crippen LogP contribution in [-0.4, -0.2) is 37.1 Å². The highest BCUT2D eigenvalue weighted by Crippen LogP contribution is 2.31. The van der Waals surface area contributed by atoms with E-state index in [-0.39, 0.29) is 11.3 Å². The molecular formula is C10H22N2O2S. The Morgan fingerprint density at radius 1 is 1.33 bits per heavy atom. The van der Waals surface area contributed by atoms with Crippen LogP contribution in [0.4, 0.5) is 0 Å². The van der Waals surface area contributed by atoms with Gasteiger partial charge in [0, 0.05) is 12.1 Å². The predicted octanol–water partition coefficient (Wildman–Crippen LogP) is 0.929. The standard InChI is InChI=1S/C10H22N2O2S/c1-10(2)6-5-8-12(10)15(13,14)9-4-3-7-11/h3-9,11H2,1-2H3. The number of sulfonamides is 1. The Bertz CT molecular complexity index is 299. The van der Waals surface area contributed by atoms with Crippen LogP contribution in [0, 0.1) is 0 Å². The van der Waals surface area contributed by atoms with Gasteiger partial charge in [0.1, 0.15) is 0 Å². The average molecular weight is 234 g/mol. The first-order valence-electron chi connectivity index (χ1n) is 5.61. The minimum absolute atomic E-state index is 0.193. The van der Waals surface area contributed by atoms with Crippen molar-refractivity contribution >= 4 is 10.0 Å². The summed E-state index contributed by atoms with van der Waals surface area (Å²) in [4.78, 5) is 0. The Hall–Kier alpha value is -0.130. The van der Waals surface area contributed by atoms with Crippen LogP contribution in [0.15, 0.2) is 0 Å². The van der Waals surface area contributed by atoms with Crippen LogP contribution < -0.4 is 5.73 Å². The molecule has 1 fully saturated rings. The maximum atomic E-state index is 12.0. The van der Waals surface area contributed by atoms with Crippen LogP contribution in [0.5, 0.6) is 0 Å². The Balaban J connectivity index is 2.61. The third-order valence-corrected chi connectivity index (χ3v) is 5.17. The number of hydrogen-bond acceptors (Lipinski definition) is 3. The molecule has 0 bridgehead atoms. The summed E-state index contributed by atoms with van der Waals surface area (Å²) < 4.78 is 25.7. The van der Waals surface area contributed by atoms with E-state index in [9.17, 15) is 8.42 Å². The van der Waals surface area contributed by atoms with Crippen molar-refractivity contribution in [3.05, 3.63) is 0 Å². The van der Waals surface area contributed by atoms with E-state index in [1.54, 1.807) is 4.31 Å². The molecule has 0 amide bonds. The van der Waals surface area contributed by atoms with Crippen LogP contribution in [0.1, 0.15) is 39.5 Å². The van der Waals surface area contributed by atoms with E-state index >= 15 is 0 Å². The van der Waals surface area contributed by atoms with E-state index in [1.165, 1.54) is 0 Å². The molecule has 0 radical (unpaired) electrons. The Morgan fingerprint density at radius 3 is 2.47 bits per heavy atom. The van der Waals surface area contributed by atoms with Crippen molar-refractivity contribution in [2.45, 2.75) is 45.1 Å². The normalized spacial score (nSPS) is 22.1. The highest BCUT2D eigenvalue weighted by atomic mass is 32.2. The van der Waals surface area contributed by atoms with E-state index in [1.807, 2.05) is 13.8 Å². The van der Waals surface area contributed by atoms with Gasteiger partial charge in [-0.25, -0.2) is 8.42 Å². The maximum absolute atomic E-state index is 12.0. The van der Waals surface area contributed by atoms with Gasteiger partial charge < -0.3 is 5.73 Å². The van der Waals surface area contributed by atoms with Gasteiger partial charge in [-0.2, -0.15) is 4.31 Å². The second-order valence-corrected chi connectivity index (χ2v) is 6.81. The molecule has 2 N–H and O–H groups in total. The third kappa shape index (κ3) is 3.16. The molecule has 0 spiro atoms. The first-order valence-corrected chi connectivity index (χ1v) is 7.22. The molecule has 0 saturated carbocycles. The van der Waals surface area contributed by atoms with Gasteiger partial charge in [0.2, 0.25) is 10.0 Å². The summed E-state index contributed by atoms with van der Waals surface area (Å²) in [6.45, 7) is 5.25. The lowest BCUT2D eigenvalue weighted by molar-refractivity contribution is 0.291. The summed E-state index contributed by atoms with van der Waals surface area (Å²) in [6, 6.07) is 0. The molecule has 0 aromatic rings. The monoisotopic (exact) mass is 234 g/mol. The van der Waals surface area contributed by atoms with Crippen molar-refractivity contribution in [2.75, 3.05) is 18.8 Å². The zero-order chi connectivity index (χ0) is 11.5. The Kier molecular flexibility index (Phi) is 4.14. The fourth-order valence-electron chi connectivity index (χ4n) is 2.14. The zero-order valence-electron chi connectivity index (χ0n) is 9.70. The summed E-state index contributed by atoms with van der Waals surface area (Å²) in [5, 5.41) is 0. The Labute approximate surface area is 92.9 Å². The van der Waals surface area contributed by atoms with E-state index in [0.29, 0.717) is 19.5 Å². The fraction of sp³-hybridized carbons (Fsp3) is 1.00. The molecule has 0 unspecified atom stereocenters. The minimum Gasteiger partial charge on any atom is -0.330 e. The van der Waals surface area contributed by atoms with Crippen LogP contribution in [0.25, 0.3) is 0 Å². The van der Waals surface area contributed by atoms with Gasteiger partial charge in [-0.1, -0.05) is 0 Å². The molecule has 1 saturated heterocycles. The highest BCUT2D eigenvalue weighted by molar-refractivity contribution is 7.89. The number of nitrogens with zero attached hydrogens (tertiary/aromatic N) is 1. The van der Waals surface area contributed by atoms with Crippen molar-refractivity contribution in [2.24, 2.45) is 5.73 Å². The lowest BCUT2D eigenvalue weighted by Gasteiger charge is -2.30. The van der Waals surface area contributed by atoms with Crippen molar-refractivity contribution in [3.8, 4) is 0 Å². The van der Waals surface area contributed by atoms with Crippen molar-refractivity contribution in [1.29, 1.82) is 0 Å². The third-order valence-electron chi connectivity index (χ3n) is 3.02. The largest absolute Gasteiger partial charge is 0.330 e. The molecule has 15 heavy (non-hydrogen) atoms. The molecule has 5 heteroatoms. The van der Waals surface area contributed by atoms with Gasteiger partial charge in [0.15, 0.2) is 0 Å². The van der Waals surface area contributed by atoms with Crippen LogP contribution in [0.3, 0.4) is 0 Å². The van der Waals surface area contributed by atoms with Crippen molar-refractivity contribution < 1.29 is 8.42 Å². The highest BCUT2D eigenvalue weighted by Gasteiger charge is 2.39. The number of hydrogen-bond donors (Lipinski definition) is 1. The molecule has 4 nitrogen and oxygen atoms in total. The lowest BCUT2D eigenvalue weighted by atomic mass is 10.0. The summed E-state index contributed by atoms with van der Waals surface area (Å²) in [5.41, 5.74) is 5.16. The van der Waals surface area contributed by atoms with Gasteiger partial charge in [-0.3, -0.25) is 0 Å². The van der Waals surface area contributed by atoms with E-state index in [4.69, 9.17) is 5.73 Å². The van der Waals surface area contributed by atoms with Crippen LogP contribution in [0.2, 0.25) is 0 Å². The minimum atomic E-state index is -3.06. The van der Waals surface area contributed by atoms with Crippen LogP contribution in [-0.2, 0) is 10.0 Å². The summed E-state index contributed by atoms with van der Waals surface area (Å²) in [6.07, 6.45) is 3.39. The first-order chi connectivity index (χ1) is 6.90. The average Bonchev–Trinajstić information content (AvgIpc) is 2.46. The lowest BCUT2D eigenvalue weighted by Crippen LogP contribution is -2.43. The number of rotatable bonds is 5. The van der Waals surface area contributed by atoms with Crippen molar-refractivity contribution in [3.63, 3.8) is 0 Å². The molecule has 1 rings (SSSR count). The molecule has 0 atom stereocenters. The summed E-state index contributed by atoms with van der Waals surface area (Å²) in [7, 11) is -3.06. The topological polar surface area (TPSA) is 63.4 Å². The second kappa shape index (κ2) is 4.80. The molecule has 1 heterocycles. The van der Waals surface area contributed by atoms with Gasteiger partial charge in [0.05, 0.1) is 5.75 Å². The quantitative estimate of drug-likeness (QED) is 0.720. The molecule has 90 valence electrons. The molecule has 1 aliphatic heterocycles. The van der Waals surface area contributed by atoms with Gasteiger partial charge in [0.25, 0.3) is 0 Å². The van der Waals surface area contributed by atoms with E-state index < -0.39 is 10.0 Å². The van der Waals surface area contributed by atoms with E-state index in [2.05, 4.69) is 0 Å². The maximum Gasteiger partial charge on any atom is 0.214 e. The summed E-state index contributed by atoms with van der Waals surface area (Å²) in [5.74, 6) is 0.244. The van der Waals surface area contributed by atoms with Gasteiger partial charge >= 0.3 is 0 Å². The first kappa shape index (κ1) is 12.9. The fourth-order valence-corrected chi connectivity index (χ4v) is 4.18. The molecule has 1 aliphatic rings. The van der Waals surface area contributed by atoms with Crippen molar-refractivity contribution in [1.82, 2.24) is 4.31 Å². The molecular weight excluding hydrogens is 212 g/mol. The second-order valence-electron chi connectivity index (χ2n) is 4.80. The summed E-state index contributed by atoms with van der Waals surface area (Å²) >= 11 is 0. The van der Waals surface area contributed by atoms with Crippen LogP contribution >= 0.6 is 0 Å². The smallest absolute Gasteiger partial charge is 0.214 e. The molecule has 0 aromatic carbocycles.